The highest BCUT2D eigenvalue weighted by atomic mass is 32.1. The lowest BCUT2D eigenvalue weighted by atomic mass is 9.98. The average molecular weight is 478 g/mol. The van der Waals surface area contributed by atoms with Crippen LogP contribution in [0.5, 0.6) is 0 Å². The van der Waals surface area contributed by atoms with Gasteiger partial charge in [0.05, 0.1) is 11.1 Å². The summed E-state index contributed by atoms with van der Waals surface area (Å²) in [6, 6.07) is 15.7. The van der Waals surface area contributed by atoms with Crippen LogP contribution in [0.15, 0.2) is 54.7 Å². The van der Waals surface area contributed by atoms with Crippen molar-refractivity contribution in [2.75, 3.05) is 23.3 Å². The molecule has 1 aliphatic heterocycles. The van der Waals surface area contributed by atoms with Gasteiger partial charge in [-0.2, -0.15) is 0 Å². The molecule has 2 heterocycles. The van der Waals surface area contributed by atoms with Crippen LogP contribution in [-0.2, 0) is 11.2 Å². The van der Waals surface area contributed by atoms with Crippen molar-refractivity contribution in [3.8, 4) is 11.1 Å². The van der Waals surface area contributed by atoms with Crippen molar-refractivity contribution in [2.24, 2.45) is 0 Å². The Morgan fingerprint density at radius 2 is 1.76 bits per heavy atom. The van der Waals surface area contributed by atoms with Crippen LogP contribution >= 0.6 is 11.3 Å². The second-order valence-corrected chi connectivity index (χ2v) is 10.5. The van der Waals surface area contributed by atoms with E-state index in [0.29, 0.717) is 10.6 Å². The molecule has 0 atom stereocenters. The normalized spacial score (nSPS) is 14.0. The van der Waals surface area contributed by atoms with Gasteiger partial charge in [-0.3, -0.25) is 10.1 Å². The minimum atomic E-state index is -0.614. The molecule has 4 rings (SSSR count). The number of aromatic nitrogens is 1. The minimum absolute atomic E-state index is 0.0155. The number of ether oxygens (including phenoxy) is 1. The third kappa shape index (κ3) is 6.23. The number of anilines is 2. The summed E-state index contributed by atoms with van der Waals surface area (Å²) in [4.78, 5) is 33.1. The molecule has 34 heavy (non-hydrogen) atoms. The van der Waals surface area contributed by atoms with Crippen LogP contribution in [-0.4, -0.2) is 35.6 Å². The molecular formula is C27H31N3O3S. The van der Waals surface area contributed by atoms with Gasteiger partial charge < -0.3 is 9.64 Å². The zero-order valence-corrected chi connectivity index (χ0v) is 20.8. The maximum atomic E-state index is 13.2. The number of benzene rings is 2. The molecule has 0 unspecified atom stereocenters. The zero-order valence-electron chi connectivity index (χ0n) is 20.0. The van der Waals surface area contributed by atoms with Gasteiger partial charge in [-0.05, 0) is 68.9 Å². The van der Waals surface area contributed by atoms with Crippen molar-refractivity contribution in [3.05, 3.63) is 65.2 Å². The molecule has 1 fully saturated rings. The Balaban J connectivity index is 1.58. The summed E-state index contributed by atoms with van der Waals surface area (Å²) in [7, 11) is 0. The van der Waals surface area contributed by atoms with Gasteiger partial charge in [-0.1, -0.05) is 47.7 Å². The third-order valence-corrected chi connectivity index (χ3v) is 6.69. The Morgan fingerprint density at radius 1 is 1.03 bits per heavy atom. The number of thiazole rings is 1. The summed E-state index contributed by atoms with van der Waals surface area (Å²) < 4.78 is 5.42. The van der Waals surface area contributed by atoms with Gasteiger partial charge in [0.2, 0.25) is 0 Å². The third-order valence-electron chi connectivity index (χ3n) is 5.59. The van der Waals surface area contributed by atoms with Gasteiger partial charge in [0.1, 0.15) is 5.60 Å². The summed E-state index contributed by atoms with van der Waals surface area (Å²) in [6.45, 7) is 7.44. The lowest BCUT2D eigenvalue weighted by molar-refractivity contribution is 0.0635. The topological polar surface area (TPSA) is 71.5 Å². The molecule has 1 N–H and O–H groups in total. The first-order chi connectivity index (χ1) is 16.3. The maximum absolute atomic E-state index is 13.2. The predicted octanol–water partition coefficient (Wildman–Crippen LogP) is 6.57. The fraction of sp³-hybridized carbons (Fsp3) is 0.370. The molecule has 1 amide bonds. The number of rotatable bonds is 6. The standard InChI is InChI=1S/C27H31N3O3S/c1-27(2,3)33-26(32)29-22-13-12-20(19-10-6-4-7-11-19)16-21(22)17-23(31)24-18-28-25(34-24)30-14-8-5-9-15-30/h4,6-7,10-13,16,18H,5,8-9,14-15,17H2,1-3H3,(H,29,32). The Morgan fingerprint density at radius 3 is 2.47 bits per heavy atom. The van der Waals surface area contributed by atoms with Crippen molar-refractivity contribution in [1.82, 2.24) is 4.98 Å². The Bertz CT molecular complexity index is 1150. The number of ketones is 1. The number of Topliss-reactive ketones (excluding diaryl/α,β-unsaturated/α-hetero) is 1. The summed E-state index contributed by atoms with van der Waals surface area (Å²) in [5.41, 5.74) is 2.73. The van der Waals surface area contributed by atoms with Gasteiger partial charge in [-0.15, -0.1) is 0 Å². The second kappa shape index (κ2) is 10.4. The molecular weight excluding hydrogens is 446 g/mol. The van der Waals surface area contributed by atoms with E-state index in [1.807, 2.05) is 69.3 Å². The number of hydrogen-bond acceptors (Lipinski definition) is 6. The van der Waals surface area contributed by atoms with E-state index >= 15 is 0 Å². The van der Waals surface area contributed by atoms with Gasteiger partial charge in [0, 0.05) is 25.2 Å². The fourth-order valence-electron chi connectivity index (χ4n) is 3.97. The first-order valence-electron chi connectivity index (χ1n) is 11.7. The second-order valence-electron chi connectivity index (χ2n) is 9.52. The van der Waals surface area contributed by atoms with E-state index in [9.17, 15) is 9.59 Å². The molecule has 0 aliphatic carbocycles. The van der Waals surface area contributed by atoms with Crippen LogP contribution in [0.25, 0.3) is 11.1 Å². The molecule has 7 heteroatoms. The monoisotopic (exact) mass is 477 g/mol. The van der Waals surface area contributed by atoms with E-state index in [0.717, 1.165) is 47.8 Å². The first kappa shape index (κ1) is 24.0. The highest BCUT2D eigenvalue weighted by Gasteiger charge is 2.21. The molecule has 0 saturated carbocycles. The molecule has 0 radical (unpaired) electrons. The van der Waals surface area contributed by atoms with Crippen molar-refractivity contribution in [2.45, 2.75) is 52.1 Å². The number of nitrogens with one attached hydrogen (secondary N) is 1. The lowest BCUT2D eigenvalue weighted by Crippen LogP contribution is -2.29. The molecule has 1 aliphatic rings. The van der Waals surface area contributed by atoms with Crippen molar-refractivity contribution < 1.29 is 14.3 Å². The Hall–Kier alpha value is -3.19. The number of nitrogens with zero attached hydrogens (tertiary/aromatic N) is 2. The van der Waals surface area contributed by atoms with Crippen LogP contribution in [0.1, 0.15) is 55.3 Å². The zero-order chi connectivity index (χ0) is 24.1. The molecule has 6 nitrogen and oxygen atoms in total. The number of carbonyl (C=O) groups is 2. The summed E-state index contributed by atoms with van der Waals surface area (Å²) in [6.07, 6.45) is 4.87. The van der Waals surface area contributed by atoms with Crippen LogP contribution < -0.4 is 10.2 Å². The molecule has 1 saturated heterocycles. The quantitative estimate of drug-likeness (QED) is 0.406. The van der Waals surface area contributed by atoms with Crippen molar-refractivity contribution in [3.63, 3.8) is 0 Å². The number of amides is 1. The van der Waals surface area contributed by atoms with E-state index in [1.165, 1.54) is 17.8 Å². The van der Waals surface area contributed by atoms with E-state index in [1.54, 1.807) is 6.20 Å². The highest BCUT2D eigenvalue weighted by Crippen LogP contribution is 2.30. The summed E-state index contributed by atoms with van der Waals surface area (Å²) in [5, 5.41) is 3.74. The largest absolute Gasteiger partial charge is 0.444 e. The van der Waals surface area contributed by atoms with Crippen molar-refractivity contribution in [1.29, 1.82) is 0 Å². The Kier molecular flexibility index (Phi) is 7.32. The number of piperidine rings is 1. The van der Waals surface area contributed by atoms with Gasteiger partial charge >= 0.3 is 6.09 Å². The highest BCUT2D eigenvalue weighted by molar-refractivity contribution is 7.17. The van der Waals surface area contributed by atoms with Crippen LogP contribution in [0.4, 0.5) is 15.6 Å². The summed E-state index contributed by atoms with van der Waals surface area (Å²) >= 11 is 1.45. The molecule has 1 aromatic heterocycles. The van der Waals surface area contributed by atoms with Gasteiger partial charge in [0.15, 0.2) is 10.9 Å². The van der Waals surface area contributed by atoms with Crippen LogP contribution in [0.2, 0.25) is 0 Å². The number of hydrogen-bond donors (Lipinski definition) is 1. The lowest BCUT2D eigenvalue weighted by Gasteiger charge is -2.25. The van der Waals surface area contributed by atoms with E-state index in [2.05, 4.69) is 15.2 Å². The average Bonchev–Trinajstić information content (AvgIpc) is 3.31. The molecule has 0 spiro atoms. The summed E-state index contributed by atoms with van der Waals surface area (Å²) in [5.74, 6) is -0.0155. The SMILES string of the molecule is CC(C)(C)OC(=O)Nc1ccc(-c2ccccc2)cc1CC(=O)c1cnc(N2CCCCC2)s1. The first-order valence-corrected chi connectivity index (χ1v) is 12.5. The predicted molar refractivity (Wildman–Crippen MR) is 138 cm³/mol. The van der Waals surface area contributed by atoms with Gasteiger partial charge in [-0.25, -0.2) is 9.78 Å². The Labute approximate surface area is 205 Å². The smallest absolute Gasteiger partial charge is 0.412 e. The van der Waals surface area contributed by atoms with Crippen LogP contribution in [0.3, 0.4) is 0 Å². The van der Waals surface area contributed by atoms with Gasteiger partial charge in [0.25, 0.3) is 0 Å². The van der Waals surface area contributed by atoms with E-state index < -0.39 is 11.7 Å². The minimum Gasteiger partial charge on any atom is -0.444 e. The molecule has 3 aromatic rings. The van der Waals surface area contributed by atoms with Crippen LogP contribution in [0, 0.1) is 0 Å². The maximum Gasteiger partial charge on any atom is 0.412 e. The van der Waals surface area contributed by atoms with E-state index in [-0.39, 0.29) is 12.2 Å². The number of carbonyl (C=O) groups excluding carboxylic acids is 2. The van der Waals surface area contributed by atoms with E-state index in [4.69, 9.17) is 4.74 Å². The fourth-order valence-corrected chi connectivity index (χ4v) is 4.88. The molecule has 178 valence electrons. The molecule has 0 bridgehead atoms. The molecule has 2 aromatic carbocycles. The van der Waals surface area contributed by atoms with Crippen molar-refractivity contribution >= 4 is 34.0 Å².